The molecule has 0 spiro atoms. The molecule has 1 amide bonds. The Hall–Kier alpha value is -1.74. The fourth-order valence-corrected chi connectivity index (χ4v) is 3.40. The minimum Gasteiger partial charge on any atom is -0.307 e. The number of alkyl halides is 4. The van der Waals surface area contributed by atoms with Gasteiger partial charge in [-0.25, -0.2) is 0 Å². The van der Waals surface area contributed by atoms with Crippen LogP contribution in [0.3, 0.4) is 0 Å². The summed E-state index contributed by atoms with van der Waals surface area (Å²) in [4.78, 5) is 15.1. The summed E-state index contributed by atoms with van der Waals surface area (Å²) in [7, 11) is -1.77. The third kappa shape index (κ3) is 5.11. The quantitative estimate of drug-likeness (QED) is 0.470. The largest absolute Gasteiger partial charge is 0.461 e. The van der Waals surface area contributed by atoms with Gasteiger partial charge in [-0.2, -0.15) is 17.6 Å². The van der Waals surface area contributed by atoms with Gasteiger partial charge in [-0.3, -0.25) is 4.79 Å². The zero-order valence-corrected chi connectivity index (χ0v) is 14.9. The lowest BCUT2D eigenvalue weighted by Crippen LogP contribution is -2.56. The van der Waals surface area contributed by atoms with Crippen LogP contribution >= 0.6 is 0 Å². The summed E-state index contributed by atoms with van der Waals surface area (Å²) in [5.41, 5.74) is 1.83. The van der Waals surface area contributed by atoms with Crippen molar-refractivity contribution in [1.29, 1.82) is 0 Å². The summed E-state index contributed by atoms with van der Waals surface area (Å²) >= 11 is 0. The van der Waals surface area contributed by atoms with Crippen LogP contribution in [-0.2, 0) is 9.74 Å². The SMILES string of the molecule is C=C[Si](C)(C)CCCN(C(=O)C(F)(OF)C(F)(F)F)c1ccccc1. The maximum absolute atomic E-state index is 14.0. The Morgan fingerprint density at radius 3 is 2.24 bits per heavy atom. The molecule has 25 heavy (non-hydrogen) atoms. The third-order valence-electron chi connectivity index (χ3n) is 3.81. The molecule has 0 aliphatic carbocycles. The normalized spacial score (nSPS) is 14.7. The van der Waals surface area contributed by atoms with Gasteiger partial charge in [0.2, 0.25) is 0 Å². The lowest BCUT2D eigenvalue weighted by molar-refractivity contribution is -0.380. The number of benzene rings is 1. The van der Waals surface area contributed by atoms with Crippen LogP contribution in [0.25, 0.3) is 0 Å². The van der Waals surface area contributed by atoms with E-state index in [1.807, 2.05) is 18.8 Å². The molecule has 0 aliphatic heterocycles. The molecule has 1 atom stereocenters. The number of hydrogen-bond acceptors (Lipinski definition) is 2. The summed E-state index contributed by atoms with van der Waals surface area (Å²) in [6.45, 7) is 7.49. The predicted molar refractivity (Wildman–Crippen MR) is 88.0 cm³/mol. The summed E-state index contributed by atoms with van der Waals surface area (Å²) in [5, 5.41) is 0. The van der Waals surface area contributed by atoms with E-state index < -0.39 is 26.0 Å². The number of carbonyl (C=O) groups excluding carboxylic acids is 1. The van der Waals surface area contributed by atoms with Gasteiger partial charge in [0.25, 0.3) is 0 Å². The van der Waals surface area contributed by atoms with Crippen LogP contribution < -0.4 is 4.90 Å². The second-order valence-corrected chi connectivity index (χ2v) is 11.1. The van der Waals surface area contributed by atoms with E-state index in [1.54, 1.807) is 6.07 Å². The van der Waals surface area contributed by atoms with Crippen LogP contribution in [-0.4, -0.2) is 32.6 Å². The number of halogens is 5. The Morgan fingerprint density at radius 2 is 1.80 bits per heavy atom. The molecule has 1 rings (SSSR count). The first-order valence-electron chi connectivity index (χ1n) is 7.54. The van der Waals surface area contributed by atoms with Gasteiger partial charge in [0.05, 0.1) is 8.07 Å². The predicted octanol–water partition coefficient (Wildman–Crippen LogP) is 4.97. The van der Waals surface area contributed by atoms with E-state index >= 15 is 0 Å². The minimum absolute atomic E-state index is 0.0221. The van der Waals surface area contributed by atoms with Gasteiger partial charge in [0.1, 0.15) is 0 Å². The lowest BCUT2D eigenvalue weighted by Gasteiger charge is -2.30. The Labute approximate surface area is 144 Å². The molecule has 140 valence electrons. The summed E-state index contributed by atoms with van der Waals surface area (Å²) < 4.78 is 64.8. The first kappa shape index (κ1) is 21.3. The topological polar surface area (TPSA) is 29.5 Å². The first-order valence-corrected chi connectivity index (χ1v) is 10.8. The number of anilines is 1. The number of para-hydroxylation sites is 1. The van der Waals surface area contributed by atoms with Gasteiger partial charge < -0.3 is 4.90 Å². The van der Waals surface area contributed by atoms with Gasteiger partial charge in [-0.05, 0) is 23.1 Å². The van der Waals surface area contributed by atoms with E-state index in [2.05, 4.69) is 11.5 Å². The Bertz CT molecular complexity index is 594. The van der Waals surface area contributed by atoms with Crippen LogP contribution in [0.1, 0.15) is 6.42 Å². The standard InChI is InChI=1S/C16H20F5NO2Si/c1-4-25(2,3)12-8-11-22(13-9-6-5-7-10-13)14(23)15(17,24-21)16(18,19)20/h4-7,9-10H,1,8,11-12H2,2-3H3. The van der Waals surface area contributed by atoms with Crippen molar-refractivity contribution in [3.05, 3.63) is 42.6 Å². The van der Waals surface area contributed by atoms with Gasteiger partial charge >= 0.3 is 17.9 Å². The molecule has 3 nitrogen and oxygen atoms in total. The minimum atomic E-state index is -5.85. The Morgan fingerprint density at radius 1 is 1.24 bits per heavy atom. The van der Waals surface area contributed by atoms with E-state index in [0.29, 0.717) is 17.4 Å². The Balaban J connectivity index is 3.11. The van der Waals surface area contributed by atoms with E-state index in [1.165, 1.54) is 24.3 Å². The molecule has 0 aromatic heterocycles. The van der Waals surface area contributed by atoms with Crippen molar-refractivity contribution in [2.45, 2.75) is 37.6 Å². The molecule has 0 aliphatic rings. The fourth-order valence-electron chi connectivity index (χ4n) is 2.12. The van der Waals surface area contributed by atoms with Crippen molar-refractivity contribution in [3.8, 4) is 0 Å². The number of amides is 1. The zero-order chi connectivity index (χ0) is 19.3. The van der Waals surface area contributed by atoms with Crippen molar-refractivity contribution in [2.24, 2.45) is 0 Å². The summed E-state index contributed by atoms with van der Waals surface area (Å²) in [5.74, 6) is -7.19. The molecule has 0 fully saturated rings. The molecule has 0 heterocycles. The van der Waals surface area contributed by atoms with Gasteiger partial charge in [0.15, 0.2) is 0 Å². The van der Waals surface area contributed by atoms with E-state index in [9.17, 15) is 26.9 Å². The van der Waals surface area contributed by atoms with Crippen molar-refractivity contribution in [1.82, 2.24) is 0 Å². The van der Waals surface area contributed by atoms with Gasteiger partial charge in [-0.1, -0.05) is 37.3 Å². The lowest BCUT2D eigenvalue weighted by atomic mass is 10.2. The molecular formula is C16H20F5NO2Si. The Kier molecular flexibility index (Phi) is 6.89. The monoisotopic (exact) mass is 381 g/mol. The molecule has 1 unspecified atom stereocenters. The highest BCUT2D eigenvalue weighted by atomic mass is 28.3. The molecule has 0 radical (unpaired) electrons. The zero-order valence-electron chi connectivity index (χ0n) is 13.9. The second-order valence-electron chi connectivity index (χ2n) is 6.26. The number of hydrogen-bond donors (Lipinski definition) is 0. The number of rotatable bonds is 8. The van der Waals surface area contributed by atoms with E-state index in [0.717, 1.165) is 0 Å². The number of carbonyl (C=O) groups is 1. The van der Waals surface area contributed by atoms with Crippen molar-refractivity contribution in [2.75, 3.05) is 11.4 Å². The molecule has 0 bridgehead atoms. The third-order valence-corrected chi connectivity index (χ3v) is 6.56. The molecular weight excluding hydrogens is 361 g/mol. The van der Waals surface area contributed by atoms with Crippen LogP contribution in [0.2, 0.25) is 19.1 Å². The van der Waals surface area contributed by atoms with Crippen molar-refractivity contribution in [3.63, 3.8) is 0 Å². The highest BCUT2D eigenvalue weighted by Crippen LogP contribution is 2.38. The summed E-state index contributed by atoms with van der Waals surface area (Å²) in [6.07, 6.45) is -5.53. The van der Waals surface area contributed by atoms with Crippen LogP contribution in [0.4, 0.5) is 27.8 Å². The molecule has 0 saturated carbocycles. The number of nitrogens with zero attached hydrogens (tertiary/aromatic N) is 1. The van der Waals surface area contributed by atoms with E-state index in [-0.39, 0.29) is 12.2 Å². The average molecular weight is 381 g/mol. The molecule has 0 saturated heterocycles. The average Bonchev–Trinajstić information content (AvgIpc) is 2.57. The summed E-state index contributed by atoms with van der Waals surface area (Å²) in [6, 6.07) is 7.82. The first-order chi connectivity index (χ1) is 11.5. The van der Waals surface area contributed by atoms with Crippen molar-refractivity contribution >= 4 is 19.7 Å². The molecule has 1 aromatic carbocycles. The van der Waals surface area contributed by atoms with Crippen LogP contribution in [0.5, 0.6) is 0 Å². The molecule has 1 aromatic rings. The highest BCUT2D eigenvalue weighted by molar-refractivity contribution is 6.82. The maximum Gasteiger partial charge on any atom is 0.461 e. The maximum atomic E-state index is 14.0. The second kappa shape index (κ2) is 8.09. The fraction of sp³-hybridized carbons (Fsp3) is 0.438. The highest BCUT2D eigenvalue weighted by Gasteiger charge is 2.66. The van der Waals surface area contributed by atoms with Gasteiger partial charge in [-0.15, -0.1) is 17.2 Å². The van der Waals surface area contributed by atoms with E-state index in [4.69, 9.17) is 0 Å². The van der Waals surface area contributed by atoms with Crippen molar-refractivity contribution < 1.29 is 31.8 Å². The molecule has 9 heteroatoms. The van der Waals surface area contributed by atoms with Crippen LogP contribution in [0, 0.1) is 0 Å². The molecule has 0 N–H and O–H groups in total. The van der Waals surface area contributed by atoms with Gasteiger partial charge in [0, 0.05) is 12.2 Å². The smallest absolute Gasteiger partial charge is 0.307 e. The van der Waals surface area contributed by atoms with Crippen LogP contribution in [0.15, 0.2) is 42.6 Å².